The van der Waals surface area contributed by atoms with E-state index in [1.54, 1.807) is 0 Å². The van der Waals surface area contributed by atoms with Crippen LogP contribution in [0.1, 0.15) is 43.2 Å². The number of carbonyl (C=O) groups is 1. The normalized spacial score (nSPS) is 16.5. The molecule has 0 aliphatic heterocycles. The van der Waals surface area contributed by atoms with Crippen molar-refractivity contribution in [3.63, 3.8) is 0 Å². The van der Waals surface area contributed by atoms with Crippen molar-refractivity contribution in [3.05, 3.63) is 35.4 Å². The lowest BCUT2D eigenvalue weighted by Crippen LogP contribution is -2.43. The van der Waals surface area contributed by atoms with Gasteiger partial charge in [-0.3, -0.25) is 4.79 Å². The molecule has 0 saturated heterocycles. The Balaban J connectivity index is 0.00000200. The quantitative estimate of drug-likeness (QED) is 0.821. The fourth-order valence-corrected chi connectivity index (χ4v) is 3.04. The average Bonchev–Trinajstić information content (AvgIpc) is 2.89. The summed E-state index contributed by atoms with van der Waals surface area (Å²) in [4.78, 5) is 12.6. The van der Waals surface area contributed by atoms with Crippen molar-refractivity contribution >= 4 is 18.3 Å². The molecule has 112 valence electrons. The van der Waals surface area contributed by atoms with Gasteiger partial charge in [-0.1, -0.05) is 42.7 Å². The van der Waals surface area contributed by atoms with E-state index in [1.165, 1.54) is 11.1 Å². The molecule has 0 aromatic heterocycles. The molecule has 0 unspecified atom stereocenters. The maximum atomic E-state index is 12.6. The summed E-state index contributed by atoms with van der Waals surface area (Å²) in [6, 6.07) is 8.39. The summed E-state index contributed by atoms with van der Waals surface area (Å²) < 4.78 is 0. The number of halogens is 1. The predicted octanol–water partition coefficient (Wildman–Crippen LogP) is 2.69. The van der Waals surface area contributed by atoms with Gasteiger partial charge >= 0.3 is 0 Å². The lowest BCUT2D eigenvalue weighted by molar-refractivity contribution is -0.126. The van der Waals surface area contributed by atoms with Crippen molar-refractivity contribution in [1.29, 1.82) is 0 Å². The molecule has 0 radical (unpaired) electrons. The van der Waals surface area contributed by atoms with Crippen LogP contribution in [0.15, 0.2) is 24.3 Å². The Labute approximate surface area is 127 Å². The first kappa shape index (κ1) is 17.0. The highest BCUT2D eigenvalue weighted by molar-refractivity contribution is 5.88. The van der Waals surface area contributed by atoms with Gasteiger partial charge in [0.15, 0.2) is 0 Å². The molecule has 4 heteroatoms. The largest absolute Gasteiger partial charge is 0.355 e. The van der Waals surface area contributed by atoms with Crippen molar-refractivity contribution in [1.82, 2.24) is 5.32 Å². The van der Waals surface area contributed by atoms with Crippen LogP contribution < -0.4 is 11.1 Å². The number of rotatable bonds is 5. The number of nitrogens with one attached hydrogen (secondary N) is 1. The molecule has 0 heterocycles. The summed E-state index contributed by atoms with van der Waals surface area (Å²) in [5.74, 6) is 0.184. The van der Waals surface area contributed by atoms with Crippen molar-refractivity contribution < 1.29 is 4.79 Å². The predicted molar refractivity (Wildman–Crippen MR) is 85.3 cm³/mol. The fraction of sp³-hybridized carbons (Fsp3) is 0.562. The van der Waals surface area contributed by atoms with Crippen LogP contribution in [0.2, 0.25) is 0 Å². The van der Waals surface area contributed by atoms with E-state index in [4.69, 9.17) is 5.73 Å². The summed E-state index contributed by atoms with van der Waals surface area (Å²) >= 11 is 0. The molecule has 1 aliphatic rings. The van der Waals surface area contributed by atoms with E-state index in [2.05, 4.69) is 36.5 Å². The van der Waals surface area contributed by atoms with E-state index < -0.39 is 0 Å². The smallest absolute Gasteiger partial charge is 0.230 e. The first-order valence-corrected chi connectivity index (χ1v) is 7.24. The monoisotopic (exact) mass is 296 g/mol. The third kappa shape index (κ3) is 3.53. The van der Waals surface area contributed by atoms with Crippen LogP contribution in [0, 0.1) is 6.92 Å². The van der Waals surface area contributed by atoms with Gasteiger partial charge in [0.2, 0.25) is 5.91 Å². The zero-order valence-corrected chi connectivity index (χ0v) is 13.0. The highest BCUT2D eigenvalue weighted by atomic mass is 35.5. The second-order valence-corrected chi connectivity index (χ2v) is 5.56. The first-order chi connectivity index (χ1) is 9.19. The third-order valence-corrected chi connectivity index (χ3v) is 4.13. The van der Waals surface area contributed by atoms with Gasteiger partial charge in [-0.25, -0.2) is 0 Å². The highest BCUT2D eigenvalue weighted by Crippen LogP contribution is 2.41. The molecule has 0 atom stereocenters. The van der Waals surface area contributed by atoms with Gasteiger partial charge in [0.05, 0.1) is 5.41 Å². The van der Waals surface area contributed by atoms with Gasteiger partial charge in [-0.05, 0) is 38.3 Å². The first-order valence-electron chi connectivity index (χ1n) is 7.24. The Kier molecular flexibility index (Phi) is 6.50. The molecule has 0 spiro atoms. The summed E-state index contributed by atoms with van der Waals surface area (Å²) in [5.41, 5.74) is 7.57. The fourth-order valence-electron chi connectivity index (χ4n) is 3.04. The lowest BCUT2D eigenvalue weighted by atomic mass is 9.77. The summed E-state index contributed by atoms with van der Waals surface area (Å²) in [6.45, 7) is 3.39. The summed E-state index contributed by atoms with van der Waals surface area (Å²) in [5, 5.41) is 3.07. The van der Waals surface area contributed by atoms with Gasteiger partial charge in [-0.15, -0.1) is 12.4 Å². The third-order valence-electron chi connectivity index (χ3n) is 4.13. The average molecular weight is 297 g/mol. The molecule has 2 rings (SSSR count). The lowest BCUT2D eigenvalue weighted by Gasteiger charge is -2.28. The van der Waals surface area contributed by atoms with E-state index in [0.717, 1.165) is 32.1 Å². The van der Waals surface area contributed by atoms with Crippen LogP contribution in [0.25, 0.3) is 0 Å². The minimum absolute atomic E-state index is 0. The van der Waals surface area contributed by atoms with Gasteiger partial charge in [0, 0.05) is 6.54 Å². The highest BCUT2D eigenvalue weighted by Gasteiger charge is 2.42. The van der Waals surface area contributed by atoms with E-state index in [9.17, 15) is 4.79 Å². The van der Waals surface area contributed by atoms with Crippen LogP contribution in [-0.4, -0.2) is 19.0 Å². The van der Waals surface area contributed by atoms with Crippen LogP contribution in [-0.2, 0) is 10.2 Å². The van der Waals surface area contributed by atoms with Crippen molar-refractivity contribution in [2.45, 2.75) is 44.4 Å². The molecule has 1 saturated carbocycles. The van der Waals surface area contributed by atoms with E-state index in [-0.39, 0.29) is 23.7 Å². The Morgan fingerprint density at radius 3 is 2.65 bits per heavy atom. The molecule has 3 nitrogen and oxygen atoms in total. The minimum atomic E-state index is -0.305. The summed E-state index contributed by atoms with van der Waals surface area (Å²) in [6.07, 6.45) is 5.04. The topological polar surface area (TPSA) is 55.1 Å². The molecule has 3 N–H and O–H groups in total. The van der Waals surface area contributed by atoms with Gasteiger partial charge in [-0.2, -0.15) is 0 Å². The number of amides is 1. The van der Waals surface area contributed by atoms with E-state index >= 15 is 0 Å². The molecule has 1 aromatic carbocycles. The van der Waals surface area contributed by atoms with Gasteiger partial charge in [0.1, 0.15) is 0 Å². The van der Waals surface area contributed by atoms with Crippen LogP contribution in [0.4, 0.5) is 0 Å². The molecular weight excluding hydrogens is 272 g/mol. The summed E-state index contributed by atoms with van der Waals surface area (Å²) in [7, 11) is 0. The molecule has 1 fully saturated rings. The maximum Gasteiger partial charge on any atom is 0.230 e. The molecule has 1 aliphatic carbocycles. The number of aryl methyl sites for hydroxylation is 1. The van der Waals surface area contributed by atoms with E-state index in [0.29, 0.717) is 13.1 Å². The molecule has 1 aromatic rings. The second kappa shape index (κ2) is 7.65. The standard InChI is InChI=1S/C16H24N2O.ClH/c1-13-6-4-7-14(12-13)16(8-2-3-9-16)15(19)18-11-5-10-17;/h4,6-7,12H,2-3,5,8-11,17H2,1H3,(H,18,19);1H. The number of benzene rings is 1. The number of hydrogen-bond acceptors (Lipinski definition) is 2. The van der Waals surface area contributed by atoms with Crippen molar-refractivity contribution in [2.24, 2.45) is 5.73 Å². The number of carbonyl (C=O) groups excluding carboxylic acids is 1. The SMILES string of the molecule is Cc1cccc(C2(C(=O)NCCCN)CCCC2)c1.Cl. The maximum absolute atomic E-state index is 12.6. The second-order valence-electron chi connectivity index (χ2n) is 5.56. The Hall–Kier alpha value is -1.06. The number of nitrogens with two attached hydrogens (primary N) is 1. The molecular formula is C16H25ClN2O. The molecule has 0 bridgehead atoms. The van der Waals surface area contributed by atoms with Gasteiger partial charge < -0.3 is 11.1 Å². The Morgan fingerprint density at radius 1 is 1.35 bits per heavy atom. The zero-order valence-electron chi connectivity index (χ0n) is 12.2. The van der Waals surface area contributed by atoms with Crippen LogP contribution in [0.3, 0.4) is 0 Å². The Bertz CT molecular complexity index is 442. The van der Waals surface area contributed by atoms with Crippen molar-refractivity contribution in [3.8, 4) is 0 Å². The molecule has 20 heavy (non-hydrogen) atoms. The van der Waals surface area contributed by atoms with Crippen molar-refractivity contribution in [2.75, 3.05) is 13.1 Å². The van der Waals surface area contributed by atoms with Crippen LogP contribution >= 0.6 is 12.4 Å². The van der Waals surface area contributed by atoms with Gasteiger partial charge in [0.25, 0.3) is 0 Å². The zero-order chi connectivity index (χ0) is 13.7. The Morgan fingerprint density at radius 2 is 2.05 bits per heavy atom. The molecule has 1 amide bonds. The number of hydrogen-bond donors (Lipinski definition) is 2. The van der Waals surface area contributed by atoms with E-state index in [1.807, 2.05) is 0 Å². The minimum Gasteiger partial charge on any atom is -0.355 e. The van der Waals surface area contributed by atoms with Crippen LogP contribution in [0.5, 0.6) is 0 Å².